The van der Waals surface area contributed by atoms with Crippen LogP contribution in [0.25, 0.3) is 0 Å². The van der Waals surface area contributed by atoms with Gasteiger partial charge >= 0.3 is 0 Å². The molecule has 422 valence electrons. The number of hydrogen-bond donors (Lipinski definition) is 13. The van der Waals surface area contributed by atoms with Crippen molar-refractivity contribution in [2.45, 2.75) is 165 Å². The van der Waals surface area contributed by atoms with Crippen molar-refractivity contribution in [3.63, 3.8) is 0 Å². The van der Waals surface area contributed by atoms with E-state index in [-0.39, 0.29) is 90.0 Å². The second-order valence-electron chi connectivity index (χ2n) is 20.0. The van der Waals surface area contributed by atoms with Gasteiger partial charge in [-0.05, 0) is 81.6 Å². The van der Waals surface area contributed by atoms with E-state index in [9.17, 15) is 48.3 Å². The molecule has 1 heterocycles. The predicted octanol–water partition coefficient (Wildman–Crippen LogP) is -0.877. The summed E-state index contributed by atoms with van der Waals surface area (Å²) in [6.45, 7) is 4.92. The lowest BCUT2D eigenvalue weighted by Gasteiger charge is -2.28. The number of carbonyl (C=O) groups is 9. The number of Topliss-reactive ketones (excluding diaryl/α,β-unsaturated/α-hetero) is 1. The summed E-state index contributed by atoms with van der Waals surface area (Å²) in [5, 5.41) is 32.1. The maximum Gasteiger partial charge on any atom is 0.243 e. The Morgan fingerprint density at radius 3 is 1.72 bits per heavy atom. The Labute approximate surface area is 447 Å². The topological polar surface area (TPSA) is 374 Å². The zero-order valence-corrected chi connectivity index (χ0v) is 44.6. The van der Waals surface area contributed by atoms with Gasteiger partial charge in [-0.25, -0.2) is 0 Å². The highest BCUT2D eigenvalue weighted by Gasteiger charge is 2.35. The first-order valence-electron chi connectivity index (χ1n) is 26.9. The maximum absolute atomic E-state index is 14.5. The van der Waals surface area contributed by atoms with Crippen LogP contribution in [0.5, 0.6) is 0 Å². The van der Waals surface area contributed by atoms with E-state index in [2.05, 4.69) is 49.5 Å². The summed E-state index contributed by atoms with van der Waals surface area (Å²) in [6, 6.07) is 8.39. The minimum atomic E-state index is -1.47. The predicted molar refractivity (Wildman–Crippen MR) is 288 cm³/mol. The van der Waals surface area contributed by atoms with Gasteiger partial charge in [0.25, 0.3) is 0 Å². The molecule has 17 N–H and O–H groups in total. The van der Waals surface area contributed by atoms with Gasteiger partial charge in [0.1, 0.15) is 36.3 Å². The Hall–Kier alpha value is -6.33. The Morgan fingerprint density at radius 1 is 0.632 bits per heavy atom. The lowest BCUT2D eigenvalue weighted by molar-refractivity contribution is -0.136. The van der Waals surface area contributed by atoms with Crippen LogP contribution >= 0.6 is 0 Å². The molecule has 0 aliphatic carbocycles. The Balaban J connectivity index is 2.10. The highest BCUT2D eigenvalue weighted by molar-refractivity contribution is 5.98. The first-order chi connectivity index (χ1) is 36.4. The van der Waals surface area contributed by atoms with E-state index >= 15 is 0 Å². The molecule has 0 bridgehead atoms. The summed E-state index contributed by atoms with van der Waals surface area (Å²) < 4.78 is 0. The fourth-order valence-electron chi connectivity index (χ4n) is 8.82. The smallest absolute Gasteiger partial charge is 0.243 e. The second kappa shape index (κ2) is 35.1. The molecular formula is C54H86N12O10. The van der Waals surface area contributed by atoms with Crippen molar-refractivity contribution in [3.05, 3.63) is 71.8 Å². The molecule has 2 aromatic rings. The number of carbonyl (C=O) groups excluding carboxylic acids is 9. The van der Waals surface area contributed by atoms with Gasteiger partial charge in [0, 0.05) is 31.8 Å². The Bertz CT molecular complexity index is 2150. The van der Waals surface area contributed by atoms with E-state index in [4.69, 9.17) is 22.9 Å². The molecule has 1 saturated heterocycles. The summed E-state index contributed by atoms with van der Waals surface area (Å²) in [5.41, 5.74) is 25.2. The summed E-state index contributed by atoms with van der Waals surface area (Å²) in [5.74, 6) is -7.78. The fraction of sp³-hybridized carbons (Fsp3) is 0.611. The van der Waals surface area contributed by atoms with Crippen LogP contribution in [0.1, 0.15) is 115 Å². The van der Waals surface area contributed by atoms with Crippen LogP contribution in [0, 0.1) is 11.8 Å². The number of unbranched alkanes of at least 4 members (excludes halogenated alkanes) is 4. The number of nitrogens with two attached hydrogens (primary N) is 4. The van der Waals surface area contributed by atoms with Gasteiger partial charge in [0.2, 0.25) is 47.3 Å². The fourth-order valence-corrected chi connectivity index (χ4v) is 8.82. The van der Waals surface area contributed by atoms with Crippen LogP contribution in [0.15, 0.2) is 60.7 Å². The molecule has 2 aromatic carbocycles. The number of hydrogen-bond acceptors (Lipinski definition) is 14. The third-order valence-electron chi connectivity index (χ3n) is 13.1. The minimum Gasteiger partial charge on any atom is -0.393 e. The molecule has 1 aliphatic heterocycles. The van der Waals surface area contributed by atoms with Gasteiger partial charge in [-0.15, -0.1) is 0 Å². The second-order valence-corrected chi connectivity index (χ2v) is 20.0. The molecule has 0 aromatic heterocycles. The van der Waals surface area contributed by atoms with Crippen molar-refractivity contribution < 1.29 is 48.3 Å². The molecule has 3 rings (SSSR count). The molecule has 9 atom stereocenters. The standard InChI is InChI=1S/C54H86N12O10/c1-4-5-6-7-14-19-38(67)32-47(69)60-39(20-24-55)49(71)63-42-23-27-59-48(70)37(29-35-15-10-8-11-16-35)31-46(68)45(33-58)66-51(73)41(22-26-57)62-53(75)43(28-34(2)3)64-54(76)44(30-36-17-12-9-13-18-36)65-50(72)40(21-25-56)61-52(42)74/h8-13,15-18,34,37-45,67H,4-7,14,19-33,55-58H2,1-3H3,(H,59,70)(H,60,69)(H,61,74)(H,62,75)(H,63,71)(H,64,76)(H,65,72)(H,66,73)/t37-,38-,39-,40+,41+,42+,43+,44-,45+/m1/s1. The number of rotatable bonds is 24. The number of benzene rings is 2. The lowest BCUT2D eigenvalue weighted by atomic mass is 9.91. The number of amides is 8. The van der Waals surface area contributed by atoms with E-state index in [1.807, 2.05) is 13.8 Å². The molecule has 76 heavy (non-hydrogen) atoms. The summed E-state index contributed by atoms with van der Waals surface area (Å²) in [6.07, 6.45) is 3.14. The van der Waals surface area contributed by atoms with Gasteiger partial charge in [0.15, 0.2) is 5.78 Å². The van der Waals surface area contributed by atoms with Crippen molar-refractivity contribution in [1.29, 1.82) is 0 Å². The molecule has 0 spiro atoms. The molecule has 8 amide bonds. The van der Waals surface area contributed by atoms with Crippen molar-refractivity contribution in [1.82, 2.24) is 42.5 Å². The van der Waals surface area contributed by atoms with Crippen LogP contribution in [0.4, 0.5) is 0 Å². The molecule has 0 saturated carbocycles. The molecular weight excluding hydrogens is 977 g/mol. The SMILES string of the molecule is CCCCCCC[C@@H](O)CC(=O)N[C@H](CCN)C(=O)N[C@H]1CCNC(=O)[C@H](Cc2ccccc2)CC(=O)[C@H](CN)NC(=O)[C@H](CCN)NC(=O)[C@H](CC(C)C)NC(=O)[C@@H](Cc2ccccc2)NC(=O)[C@H](CCN)NC1=O. The van der Waals surface area contributed by atoms with Crippen LogP contribution in [-0.2, 0) is 56.0 Å². The molecule has 22 heteroatoms. The van der Waals surface area contributed by atoms with E-state index in [0.717, 1.165) is 32.1 Å². The Kier molecular flexibility index (Phi) is 29.5. The highest BCUT2D eigenvalue weighted by Crippen LogP contribution is 2.16. The normalized spacial score (nSPS) is 22.7. The minimum absolute atomic E-state index is 0.0465. The number of nitrogens with one attached hydrogen (secondary N) is 8. The van der Waals surface area contributed by atoms with Crippen molar-refractivity contribution in [2.24, 2.45) is 34.8 Å². The van der Waals surface area contributed by atoms with Crippen molar-refractivity contribution in [2.75, 3.05) is 32.7 Å². The van der Waals surface area contributed by atoms with Gasteiger partial charge in [-0.1, -0.05) is 114 Å². The summed E-state index contributed by atoms with van der Waals surface area (Å²) in [7, 11) is 0. The quantitative estimate of drug-likeness (QED) is 0.0569. The van der Waals surface area contributed by atoms with Gasteiger partial charge in [0.05, 0.1) is 18.6 Å². The number of aliphatic hydroxyl groups excluding tert-OH is 1. The van der Waals surface area contributed by atoms with Crippen LogP contribution in [0.2, 0.25) is 0 Å². The van der Waals surface area contributed by atoms with E-state index in [1.54, 1.807) is 60.7 Å². The van der Waals surface area contributed by atoms with Crippen LogP contribution in [0.3, 0.4) is 0 Å². The summed E-state index contributed by atoms with van der Waals surface area (Å²) in [4.78, 5) is 127. The Morgan fingerprint density at radius 2 is 1.16 bits per heavy atom. The third-order valence-corrected chi connectivity index (χ3v) is 13.1. The molecule has 22 nitrogen and oxygen atoms in total. The number of ketones is 1. The molecule has 0 radical (unpaired) electrons. The monoisotopic (exact) mass is 1060 g/mol. The van der Waals surface area contributed by atoms with Crippen molar-refractivity contribution in [3.8, 4) is 0 Å². The van der Waals surface area contributed by atoms with E-state index < -0.39 is 114 Å². The lowest BCUT2D eigenvalue weighted by Crippen LogP contribution is -2.61. The average molecular weight is 1060 g/mol. The highest BCUT2D eigenvalue weighted by atomic mass is 16.3. The third kappa shape index (κ3) is 23.3. The van der Waals surface area contributed by atoms with E-state index in [0.29, 0.717) is 17.5 Å². The first-order valence-corrected chi connectivity index (χ1v) is 26.9. The van der Waals surface area contributed by atoms with Crippen LogP contribution in [-0.4, -0.2) is 139 Å². The van der Waals surface area contributed by atoms with Gasteiger partial charge in [-0.2, -0.15) is 0 Å². The summed E-state index contributed by atoms with van der Waals surface area (Å²) >= 11 is 0. The zero-order valence-electron chi connectivity index (χ0n) is 44.6. The van der Waals surface area contributed by atoms with Crippen LogP contribution < -0.4 is 65.5 Å². The zero-order chi connectivity index (χ0) is 56.0. The maximum atomic E-state index is 14.5. The van der Waals surface area contributed by atoms with E-state index in [1.165, 1.54) is 0 Å². The molecule has 0 unspecified atom stereocenters. The molecule has 1 fully saturated rings. The van der Waals surface area contributed by atoms with Gasteiger partial charge < -0.3 is 70.6 Å². The van der Waals surface area contributed by atoms with Crippen molar-refractivity contribution >= 4 is 53.0 Å². The van der Waals surface area contributed by atoms with Gasteiger partial charge in [-0.3, -0.25) is 43.2 Å². The number of aliphatic hydroxyl groups is 1. The average Bonchev–Trinajstić information content (AvgIpc) is 3.38. The largest absolute Gasteiger partial charge is 0.393 e. The first kappa shape index (κ1) is 64.0. The molecule has 1 aliphatic rings.